The molecule has 32 heavy (non-hydrogen) atoms. The van der Waals surface area contributed by atoms with Crippen molar-refractivity contribution in [1.29, 1.82) is 0 Å². The van der Waals surface area contributed by atoms with Gasteiger partial charge < -0.3 is 15.0 Å². The average Bonchev–Trinajstić information content (AvgIpc) is 3.31. The highest BCUT2D eigenvalue weighted by Crippen LogP contribution is 2.21. The third-order valence-electron chi connectivity index (χ3n) is 4.51. The van der Waals surface area contributed by atoms with Crippen LogP contribution >= 0.6 is 56.9 Å². The van der Waals surface area contributed by atoms with Gasteiger partial charge >= 0.3 is 0 Å². The van der Waals surface area contributed by atoms with Crippen LogP contribution in [0.2, 0.25) is 0 Å². The minimum Gasteiger partial charge on any atom is -0.333 e. The maximum atomic E-state index is 4.95. The molecule has 4 nitrogen and oxygen atoms in total. The lowest BCUT2D eigenvalue weighted by Gasteiger charge is -1.93. The molecule has 0 saturated heterocycles. The molecule has 180 valence electrons. The summed E-state index contributed by atoms with van der Waals surface area (Å²) in [6.07, 6.45) is 5.10. The maximum absolute atomic E-state index is 4.95. The van der Waals surface area contributed by atoms with Crippen molar-refractivity contribution < 1.29 is 2.85 Å². The highest BCUT2D eigenvalue weighted by atomic mass is 79.9. The van der Waals surface area contributed by atoms with Crippen molar-refractivity contribution in [2.24, 2.45) is 0 Å². The lowest BCUT2D eigenvalue weighted by atomic mass is 10.2. The molecule has 0 unspecified atom stereocenters. The molecule has 8 heteroatoms. The highest BCUT2D eigenvalue weighted by Gasteiger charge is 2.02. The van der Waals surface area contributed by atoms with E-state index in [2.05, 4.69) is 93.9 Å². The third-order valence-corrected chi connectivity index (χ3v) is 6.24. The Morgan fingerprint density at radius 2 is 1.53 bits per heavy atom. The van der Waals surface area contributed by atoms with E-state index in [9.17, 15) is 0 Å². The Morgan fingerprint density at radius 3 is 2.16 bits per heavy atom. The zero-order valence-corrected chi connectivity index (χ0v) is 24.2. The molecule has 0 fully saturated rings. The lowest BCUT2D eigenvalue weighted by Crippen LogP contribution is -1.79. The lowest BCUT2D eigenvalue weighted by molar-refractivity contribution is 0.893. The number of aromatic amines is 3. The molecular weight excluding hydrogens is 568 g/mol. The van der Waals surface area contributed by atoms with Gasteiger partial charge in [0, 0.05) is 13.9 Å². The van der Waals surface area contributed by atoms with E-state index in [0.29, 0.717) is 4.77 Å². The molecule has 2 aromatic carbocycles. The summed E-state index contributed by atoms with van der Waals surface area (Å²) < 4.78 is 0.686. The Kier molecular flexibility index (Phi) is 14.2. The van der Waals surface area contributed by atoms with Gasteiger partial charge in [0.1, 0.15) is 0 Å². The van der Waals surface area contributed by atoms with Gasteiger partial charge in [-0.1, -0.05) is 66.5 Å². The van der Waals surface area contributed by atoms with Crippen molar-refractivity contribution in [2.75, 3.05) is 11.1 Å². The number of rotatable bonds is 6. The molecule has 4 aromatic rings. The smallest absolute Gasteiger partial charge is 0.175 e. The number of thioether (sulfide) groups is 1. The molecule has 0 aliphatic heterocycles. The Labute approximate surface area is 222 Å². The fourth-order valence-corrected chi connectivity index (χ4v) is 4.51. The Balaban J connectivity index is 0. The predicted molar refractivity (Wildman–Crippen MR) is 158 cm³/mol. The number of aryl methyl sites for hydroxylation is 2. The second-order valence-electron chi connectivity index (χ2n) is 7.44. The van der Waals surface area contributed by atoms with E-state index < -0.39 is 0 Å². The van der Waals surface area contributed by atoms with Crippen LogP contribution in [-0.4, -0.2) is 31.0 Å². The summed E-state index contributed by atoms with van der Waals surface area (Å²) in [6.45, 7) is 8.55. The maximum Gasteiger partial charge on any atom is 0.175 e. The number of hydrogen-bond donors (Lipinski definition) is 3. The number of aromatic nitrogens is 4. The topological polar surface area (TPSA) is 60.3 Å². The molecule has 0 spiro atoms. The van der Waals surface area contributed by atoms with E-state index in [4.69, 9.17) is 12.2 Å². The molecule has 2 heterocycles. The minimum atomic E-state index is 0. The summed E-state index contributed by atoms with van der Waals surface area (Å²) in [4.78, 5) is 14.0. The minimum absolute atomic E-state index is 0. The molecule has 0 atom stereocenters. The molecular formula is C24H38Br2N4S2. The number of alkyl halides is 1. The monoisotopic (exact) mass is 604 g/mol. The van der Waals surface area contributed by atoms with Crippen LogP contribution in [0.25, 0.3) is 22.1 Å². The molecule has 3 N–H and O–H groups in total. The molecule has 0 amide bonds. The van der Waals surface area contributed by atoms with Crippen molar-refractivity contribution in [1.82, 2.24) is 19.9 Å². The molecule has 0 saturated carbocycles. The first-order chi connectivity index (χ1) is 15.0. The molecule has 0 bridgehead atoms. The second-order valence-corrected chi connectivity index (χ2v) is 9.72. The van der Waals surface area contributed by atoms with Gasteiger partial charge in [0.15, 0.2) is 9.93 Å². The van der Waals surface area contributed by atoms with E-state index in [0.717, 1.165) is 38.3 Å². The number of nitrogens with zero attached hydrogens (tertiary/aromatic N) is 1. The first kappa shape index (κ1) is 28.9. The number of H-pyrrole nitrogens is 3. The van der Waals surface area contributed by atoms with Gasteiger partial charge in [0.2, 0.25) is 0 Å². The summed E-state index contributed by atoms with van der Waals surface area (Å²) in [7, 11) is 0. The Bertz CT molecular complexity index is 1130. The van der Waals surface area contributed by atoms with E-state index in [-0.39, 0.29) is 19.8 Å². The number of halogens is 2. The quantitative estimate of drug-likeness (QED) is 0.0887. The fourth-order valence-electron chi connectivity index (χ4n) is 2.76. The summed E-state index contributed by atoms with van der Waals surface area (Å²) in [5.74, 6) is 1.15. The van der Waals surface area contributed by atoms with Crippen LogP contribution in [-0.2, 0) is 0 Å². The predicted octanol–water partition coefficient (Wildman–Crippen LogP) is 9.55. The number of benzene rings is 2. The summed E-state index contributed by atoms with van der Waals surface area (Å²) >= 11 is 10.1. The Hall–Kier alpha value is -1.09. The summed E-state index contributed by atoms with van der Waals surface area (Å²) in [5, 5.41) is 2.20. The number of unbranched alkanes of at least 4 members (excludes halogenated alkanes) is 2. The van der Waals surface area contributed by atoms with Crippen molar-refractivity contribution in [3.8, 4) is 0 Å². The first-order valence-corrected chi connectivity index (χ1v) is 13.3. The van der Waals surface area contributed by atoms with E-state index in [1.807, 2.05) is 17.8 Å². The fraction of sp³-hybridized carbons (Fsp3) is 0.417. The van der Waals surface area contributed by atoms with Crippen molar-refractivity contribution in [3.63, 3.8) is 0 Å². The largest absolute Gasteiger partial charge is 0.333 e. The highest BCUT2D eigenvalue weighted by molar-refractivity contribution is 9.09. The zero-order valence-electron chi connectivity index (χ0n) is 19.3. The molecule has 4 rings (SSSR count). The molecule has 0 radical (unpaired) electrons. The molecule has 0 aliphatic carbocycles. The van der Waals surface area contributed by atoms with Crippen LogP contribution < -0.4 is 0 Å². The van der Waals surface area contributed by atoms with Crippen LogP contribution in [0.3, 0.4) is 0 Å². The normalized spacial score (nSPS) is 10.2. The van der Waals surface area contributed by atoms with Gasteiger partial charge in [-0.2, -0.15) is 0 Å². The van der Waals surface area contributed by atoms with Gasteiger partial charge in [-0.3, -0.25) is 0 Å². The van der Waals surface area contributed by atoms with Crippen LogP contribution in [0.1, 0.15) is 53.5 Å². The van der Waals surface area contributed by atoms with Gasteiger partial charge in [-0.05, 0) is 74.3 Å². The zero-order chi connectivity index (χ0) is 22.6. The van der Waals surface area contributed by atoms with Crippen molar-refractivity contribution in [3.05, 3.63) is 52.3 Å². The van der Waals surface area contributed by atoms with Gasteiger partial charge in [-0.25, -0.2) is 4.98 Å². The number of imidazole rings is 2. The second kappa shape index (κ2) is 15.7. The third kappa shape index (κ3) is 9.81. The number of fused-ring (bicyclic) bond motifs is 2. The standard InChI is InChI=1S/C12H16N2S.C8H8N2S.C4H9Br.BrH.2H2/c1-3-4-7-15-12-13-10-6-5-9(2)8-11(10)14-12;1-5-2-3-6-7(4-5)10-8(11)9-6;1-2-3-4-5;;;/h5-6,8H,3-4,7H2,1-2H3,(H,13,14);2-4H,1H3,(H2,9,10,11);2-4H2,1H3;3*1H. The molecule has 2 aromatic heterocycles. The van der Waals surface area contributed by atoms with Crippen LogP contribution in [0.5, 0.6) is 0 Å². The Morgan fingerprint density at radius 1 is 0.906 bits per heavy atom. The number of nitrogens with one attached hydrogen (secondary N) is 3. The van der Waals surface area contributed by atoms with E-state index >= 15 is 0 Å². The van der Waals surface area contributed by atoms with Gasteiger partial charge in [-0.15, -0.1) is 17.0 Å². The van der Waals surface area contributed by atoms with Crippen LogP contribution in [0.15, 0.2) is 41.6 Å². The van der Waals surface area contributed by atoms with E-state index in [1.54, 1.807) is 0 Å². The average molecular weight is 607 g/mol. The van der Waals surface area contributed by atoms with Crippen LogP contribution in [0, 0.1) is 18.6 Å². The summed E-state index contributed by atoms with van der Waals surface area (Å²) in [5.41, 5.74) is 6.88. The molecule has 0 aliphatic rings. The van der Waals surface area contributed by atoms with Gasteiger partial charge in [0.25, 0.3) is 0 Å². The SMILES string of the molecule is Br.CCCCBr.CCCCSc1nc2ccc(C)cc2[nH]1.Cc1ccc2[nH]c(=S)[nH]c2c1.[HH].[HH]. The number of hydrogen-bond acceptors (Lipinski definition) is 3. The summed E-state index contributed by atoms with van der Waals surface area (Å²) in [6, 6.07) is 12.5. The van der Waals surface area contributed by atoms with Crippen LogP contribution in [0.4, 0.5) is 0 Å². The van der Waals surface area contributed by atoms with Crippen molar-refractivity contribution >= 4 is 79.0 Å². The first-order valence-electron chi connectivity index (χ1n) is 10.8. The van der Waals surface area contributed by atoms with E-state index in [1.165, 1.54) is 36.8 Å². The van der Waals surface area contributed by atoms with Crippen molar-refractivity contribution in [2.45, 2.75) is 58.5 Å². The van der Waals surface area contributed by atoms with Gasteiger partial charge in [0.05, 0.1) is 22.1 Å².